The number of nitrogens with one attached hydrogen (secondary N) is 1. The highest BCUT2D eigenvalue weighted by Crippen LogP contribution is 2.36. The molecule has 0 aliphatic carbocycles. The van der Waals surface area contributed by atoms with Crippen molar-refractivity contribution >= 4 is 34.2 Å². The zero-order valence-electron chi connectivity index (χ0n) is 19.0. The molecule has 1 saturated heterocycles. The average molecular weight is 478 g/mol. The lowest BCUT2D eigenvalue weighted by atomic mass is 9.99. The Morgan fingerprint density at radius 1 is 1.15 bits per heavy atom. The lowest BCUT2D eigenvalue weighted by Crippen LogP contribution is -2.40. The van der Waals surface area contributed by atoms with E-state index in [1.165, 1.54) is 16.2 Å². The number of urea groups is 1. The summed E-state index contributed by atoms with van der Waals surface area (Å²) in [6.45, 7) is 4.17. The van der Waals surface area contributed by atoms with Crippen molar-refractivity contribution in [3.8, 4) is 22.1 Å². The molecule has 9 heteroatoms. The molecular formula is C25H23N3O5S. The number of hydrogen-bond donors (Lipinski definition) is 1. The van der Waals surface area contributed by atoms with E-state index in [9.17, 15) is 9.59 Å². The van der Waals surface area contributed by atoms with E-state index in [4.69, 9.17) is 13.9 Å². The SMILES string of the molecule is CCOc1ccc(-c2nc(CN3C(=O)NC(C)(c4cc5ccccc5o4)C3=O)cs2)cc1OC. The molecule has 2 aromatic heterocycles. The summed E-state index contributed by atoms with van der Waals surface area (Å²) in [5, 5.41) is 6.25. The fourth-order valence-electron chi connectivity index (χ4n) is 3.99. The molecular weight excluding hydrogens is 454 g/mol. The summed E-state index contributed by atoms with van der Waals surface area (Å²) in [5.41, 5.74) is 0.859. The van der Waals surface area contributed by atoms with Crippen LogP contribution in [0.5, 0.6) is 11.5 Å². The number of ether oxygens (including phenoxy) is 2. The Balaban J connectivity index is 1.37. The minimum absolute atomic E-state index is 0.0607. The summed E-state index contributed by atoms with van der Waals surface area (Å²) in [7, 11) is 1.59. The number of thiazole rings is 1. The molecule has 5 rings (SSSR count). The van der Waals surface area contributed by atoms with Crippen LogP contribution in [0, 0.1) is 0 Å². The van der Waals surface area contributed by atoms with E-state index in [1.54, 1.807) is 20.1 Å². The summed E-state index contributed by atoms with van der Waals surface area (Å²) >= 11 is 1.43. The van der Waals surface area contributed by atoms with E-state index in [2.05, 4.69) is 10.3 Å². The Kier molecular flexibility index (Phi) is 5.49. The first kappa shape index (κ1) is 22.0. The van der Waals surface area contributed by atoms with Crippen LogP contribution < -0.4 is 14.8 Å². The molecule has 1 unspecified atom stereocenters. The number of aromatic nitrogens is 1. The highest BCUT2D eigenvalue weighted by Gasteiger charge is 2.51. The summed E-state index contributed by atoms with van der Waals surface area (Å²) < 4.78 is 16.9. The molecule has 1 fully saturated rings. The molecule has 8 nitrogen and oxygen atoms in total. The summed E-state index contributed by atoms with van der Waals surface area (Å²) in [6, 6.07) is 14.4. The van der Waals surface area contributed by atoms with Crippen LogP contribution >= 0.6 is 11.3 Å². The van der Waals surface area contributed by atoms with Crippen LogP contribution in [0.4, 0.5) is 4.79 Å². The van der Waals surface area contributed by atoms with Gasteiger partial charge in [-0.3, -0.25) is 9.69 Å². The van der Waals surface area contributed by atoms with Gasteiger partial charge in [0.15, 0.2) is 17.0 Å². The van der Waals surface area contributed by atoms with Gasteiger partial charge in [-0.15, -0.1) is 11.3 Å². The summed E-state index contributed by atoms with van der Waals surface area (Å²) in [6.07, 6.45) is 0. The number of nitrogens with zero attached hydrogens (tertiary/aromatic N) is 2. The van der Waals surface area contributed by atoms with Gasteiger partial charge in [0.1, 0.15) is 16.4 Å². The third kappa shape index (κ3) is 3.67. The standard InChI is InChI=1S/C25H23N3O5S/c1-4-32-19-10-9-16(11-20(19)31-3)22-26-17(14-34-22)13-28-23(29)25(2,27-24(28)30)21-12-15-7-5-6-8-18(15)33-21/h5-12,14H,4,13H2,1-3H3,(H,27,30). The highest BCUT2D eigenvalue weighted by atomic mass is 32.1. The second-order valence-corrected chi connectivity index (χ2v) is 8.90. The van der Waals surface area contributed by atoms with Gasteiger partial charge in [0.05, 0.1) is 26.0 Å². The first-order valence-corrected chi connectivity index (χ1v) is 11.7. The highest BCUT2D eigenvalue weighted by molar-refractivity contribution is 7.13. The van der Waals surface area contributed by atoms with Crippen molar-refractivity contribution in [2.45, 2.75) is 25.9 Å². The zero-order valence-corrected chi connectivity index (χ0v) is 19.8. The van der Waals surface area contributed by atoms with Crippen molar-refractivity contribution < 1.29 is 23.5 Å². The van der Waals surface area contributed by atoms with Crippen molar-refractivity contribution in [3.63, 3.8) is 0 Å². The lowest BCUT2D eigenvalue weighted by Gasteiger charge is -2.18. The molecule has 1 atom stereocenters. The Labute approximate surface area is 200 Å². The molecule has 2 aromatic carbocycles. The van der Waals surface area contributed by atoms with E-state index in [-0.39, 0.29) is 12.5 Å². The molecule has 1 N–H and O–H groups in total. The second-order valence-electron chi connectivity index (χ2n) is 8.04. The van der Waals surface area contributed by atoms with Crippen LogP contribution in [0.2, 0.25) is 0 Å². The van der Waals surface area contributed by atoms with Crippen molar-refractivity contribution in [2.24, 2.45) is 0 Å². The number of rotatable bonds is 7. The van der Waals surface area contributed by atoms with Crippen LogP contribution in [0.3, 0.4) is 0 Å². The molecule has 3 amide bonds. The summed E-state index contributed by atoms with van der Waals surface area (Å²) in [4.78, 5) is 31.9. The Morgan fingerprint density at radius 2 is 1.97 bits per heavy atom. The molecule has 0 saturated carbocycles. The van der Waals surface area contributed by atoms with E-state index < -0.39 is 11.6 Å². The predicted octanol–water partition coefficient (Wildman–Crippen LogP) is 4.93. The predicted molar refractivity (Wildman–Crippen MR) is 128 cm³/mol. The van der Waals surface area contributed by atoms with Crippen molar-refractivity contribution in [2.75, 3.05) is 13.7 Å². The summed E-state index contributed by atoms with van der Waals surface area (Å²) in [5.74, 6) is 1.30. The van der Waals surface area contributed by atoms with Crippen molar-refractivity contribution in [1.29, 1.82) is 0 Å². The maximum Gasteiger partial charge on any atom is 0.325 e. The molecule has 34 heavy (non-hydrogen) atoms. The number of benzene rings is 2. The van der Waals surface area contributed by atoms with Gasteiger partial charge in [-0.25, -0.2) is 9.78 Å². The number of para-hydroxylation sites is 1. The molecule has 0 bridgehead atoms. The number of furan rings is 1. The van der Waals surface area contributed by atoms with Crippen LogP contribution in [0.1, 0.15) is 25.3 Å². The molecule has 1 aliphatic rings. The quantitative estimate of drug-likeness (QED) is 0.379. The largest absolute Gasteiger partial charge is 0.493 e. The topological polar surface area (TPSA) is 93.9 Å². The Morgan fingerprint density at radius 3 is 2.74 bits per heavy atom. The van der Waals surface area contributed by atoms with Gasteiger partial charge in [0.2, 0.25) is 0 Å². The van der Waals surface area contributed by atoms with Crippen LogP contribution in [0.15, 0.2) is 58.3 Å². The molecule has 174 valence electrons. The zero-order chi connectivity index (χ0) is 23.9. The van der Waals surface area contributed by atoms with Crippen molar-refractivity contribution in [3.05, 3.63) is 65.4 Å². The van der Waals surface area contributed by atoms with Crippen LogP contribution in [-0.4, -0.2) is 35.5 Å². The normalized spacial score (nSPS) is 17.9. The second kappa shape index (κ2) is 8.49. The third-order valence-corrected chi connectivity index (χ3v) is 6.72. The maximum atomic E-state index is 13.3. The minimum Gasteiger partial charge on any atom is -0.493 e. The van der Waals surface area contributed by atoms with Gasteiger partial charge < -0.3 is 19.2 Å². The Bertz CT molecular complexity index is 1360. The number of amides is 3. The number of methoxy groups -OCH3 is 1. The van der Waals surface area contributed by atoms with E-state index >= 15 is 0 Å². The maximum absolute atomic E-state index is 13.3. The minimum atomic E-state index is -1.28. The molecule has 0 radical (unpaired) electrons. The van der Waals surface area contributed by atoms with Crippen LogP contribution in [-0.2, 0) is 16.9 Å². The smallest absolute Gasteiger partial charge is 0.325 e. The number of hydrogen-bond acceptors (Lipinski definition) is 7. The van der Waals surface area contributed by atoms with Gasteiger partial charge in [0.25, 0.3) is 5.91 Å². The first-order chi connectivity index (χ1) is 16.4. The fraction of sp³-hybridized carbons (Fsp3) is 0.240. The number of imide groups is 1. The molecule has 0 spiro atoms. The fourth-order valence-corrected chi connectivity index (χ4v) is 4.79. The van der Waals surface area contributed by atoms with Gasteiger partial charge >= 0.3 is 6.03 Å². The average Bonchev–Trinajstić information content (AvgIpc) is 3.54. The van der Waals surface area contributed by atoms with Gasteiger partial charge in [-0.2, -0.15) is 0 Å². The van der Waals surface area contributed by atoms with Gasteiger partial charge in [0, 0.05) is 16.3 Å². The number of carbonyl (C=O) groups excluding carboxylic acids is 2. The lowest BCUT2D eigenvalue weighted by molar-refractivity contribution is -0.132. The monoisotopic (exact) mass is 477 g/mol. The molecule has 3 heterocycles. The van der Waals surface area contributed by atoms with E-state index in [0.717, 1.165) is 16.0 Å². The van der Waals surface area contributed by atoms with E-state index in [0.29, 0.717) is 35.1 Å². The van der Waals surface area contributed by atoms with Gasteiger partial charge in [-0.1, -0.05) is 18.2 Å². The first-order valence-electron chi connectivity index (χ1n) is 10.8. The molecule has 1 aliphatic heterocycles. The number of carbonyl (C=O) groups is 2. The van der Waals surface area contributed by atoms with Crippen LogP contribution in [0.25, 0.3) is 21.5 Å². The third-order valence-electron chi connectivity index (χ3n) is 5.78. The number of fused-ring (bicyclic) bond motifs is 1. The van der Waals surface area contributed by atoms with Crippen molar-refractivity contribution in [1.82, 2.24) is 15.2 Å². The molecule has 4 aromatic rings. The Hall–Kier alpha value is -3.85. The van der Waals surface area contributed by atoms with E-state index in [1.807, 2.05) is 54.8 Å². The van der Waals surface area contributed by atoms with Gasteiger partial charge in [-0.05, 0) is 44.2 Å².